The van der Waals surface area contributed by atoms with Crippen LogP contribution in [0.3, 0.4) is 0 Å². The lowest BCUT2D eigenvalue weighted by Crippen LogP contribution is -2.29. The van der Waals surface area contributed by atoms with Crippen LogP contribution in [0.1, 0.15) is 42.2 Å². The number of nitrogens with zero attached hydrogens (tertiary/aromatic N) is 2. The van der Waals surface area contributed by atoms with E-state index in [4.69, 9.17) is 16.7 Å². The van der Waals surface area contributed by atoms with Crippen molar-refractivity contribution in [3.8, 4) is 0 Å². The Hall–Kier alpha value is -1.49. The van der Waals surface area contributed by atoms with Crippen LogP contribution in [0.4, 0.5) is 0 Å². The third-order valence-electron chi connectivity index (χ3n) is 3.21. The van der Waals surface area contributed by atoms with Crippen LogP contribution in [0.25, 0.3) is 0 Å². The SMILES string of the molecule is CN(CCCC(=O)O)C(=O)c1cc(Cl)cn1C1CC1. The quantitative estimate of drug-likeness (QED) is 0.872. The topological polar surface area (TPSA) is 62.5 Å². The Morgan fingerprint density at radius 2 is 2.21 bits per heavy atom. The molecule has 0 saturated heterocycles. The highest BCUT2D eigenvalue weighted by Gasteiger charge is 2.28. The lowest BCUT2D eigenvalue weighted by molar-refractivity contribution is -0.137. The number of carboxylic acids is 1. The molecule has 1 heterocycles. The molecule has 1 saturated carbocycles. The fraction of sp³-hybridized carbons (Fsp3) is 0.538. The van der Waals surface area contributed by atoms with Gasteiger partial charge in [-0.05, 0) is 25.3 Å². The van der Waals surface area contributed by atoms with Crippen molar-refractivity contribution in [2.75, 3.05) is 13.6 Å². The number of rotatable bonds is 6. The zero-order chi connectivity index (χ0) is 14.0. The molecule has 1 aromatic rings. The first-order valence-corrected chi connectivity index (χ1v) is 6.71. The van der Waals surface area contributed by atoms with Crippen LogP contribution >= 0.6 is 11.6 Å². The zero-order valence-corrected chi connectivity index (χ0v) is 11.6. The van der Waals surface area contributed by atoms with E-state index in [-0.39, 0.29) is 12.3 Å². The average Bonchev–Trinajstić information content (AvgIpc) is 3.11. The summed E-state index contributed by atoms with van der Waals surface area (Å²) in [6, 6.07) is 2.06. The molecule has 1 amide bonds. The largest absolute Gasteiger partial charge is 0.481 e. The predicted molar refractivity (Wildman–Crippen MR) is 71.5 cm³/mol. The highest BCUT2D eigenvalue weighted by Crippen LogP contribution is 2.37. The molecule has 0 atom stereocenters. The molecule has 1 aromatic heterocycles. The number of hydrogen-bond acceptors (Lipinski definition) is 2. The van der Waals surface area contributed by atoms with Crippen molar-refractivity contribution < 1.29 is 14.7 Å². The molecular weight excluding hydrogens is 268 g/mol. The summed E-state index contributed by atoms with van der Waals surface area (Å²) in [6.45, 7) is 0.429. The van der Waals surface area contributed by atoms with E-state index in [1.54, 1.807) is 24.2 Å². The summed E-state index contributed by atoms with van der Waals surface area (Å²) < 4.78 is 1.93. The molecule has 0 unspecified atom stereocenters. The number of amides is 1. The van der Waals surface area contributed by atoms with Gasteiger partial charge in [0.15, 0.2) is 0 Å². The molecule has 0 bridgehead atoms. The smallest absolute Gasteiger partial charge is 0.303 e. The number of carbonyl (C=O) groups excluding carboxylic acids is 1. The van der Waals surface area contributed by atoms with Gasteiger partial charge in [-0.1, -0.05) is 11.6 Å². The third-order valence-corrected chi connectivity index (χ3v) is 3.41. The second-order valence-corrected chi connectivity index (χ2v) is 5.34. The zero-order valence-electron chi connectivity index (χ0n) is 10.8. The molecule has 1 fully saturated rings. The van der Waals surface area contributed by atoms with E-state index in [1.807, 2.05) is 4.57 Å². The molecule has 1 N–H and O–H groups in total. The van der Waals surface area contributed by atoms with E-state index in [0.717, 1.165) is 12.8 Å². The molecule has 5 nitrogen and oxygen atoms in total. The molecule has 0 spiro atoms. The second-order valence-electron chi connectivity index (χ2n) is 4.91. The maximum absolute atomic E-state index is 12.3. The van der Waals surface area contributed by atoms with Gasteiger partial charge in [0, 0.05) is 32.3 Å². The van der Waals surface area contributed by atoms with Gasteiger partial charge < -0.3 is 14.6 Å². The molecule has 104 valence electrons. The molecule has 0 aliphatic heterocycles. The Kier molecular flexibility index (Phi) is 4.14. The van der Waals surface area contributed by atoms with Gasteiger partial charge in [0.1, 0.15) is 5.69 Å². The first-order valence-electron chi connectivity index (χ1n) is 6.33. The molecular formula is C13H17ClN2O3. The molecule has 2 rings (SSSR count). The van der Waals surface area contributed by atoms with Gasteiger partial charge in [0.05, 0.1) is 5.02 Å². The van der Waals surface area contributed by atoms with Crippen LogP contribution in [0, 0.1) is 0 Å². The van der Waals surface area contributed by atoms with E-state index in [0.29, 0.717) is 29.7 Å². The van der Waals surface area contributed by atoms with Gasteiger partial charge >= 0.3 is 5.97 Å². The summed E-state index contributed by atoms with van der Waals surface area (Å²) >= 11 is 5.96. The van der Waals surface area contributed by atoms with E-state index < -0.39 is 5.97 Å². The Bertz CT molecular complexity index is 494. The number of halogens is 1. The molecule has 6 heteroatoms. The van der Waals surface area contributed by atoms with Gasteiger partial charge in [-0.15, -0.1) is 0 Å². The van der Waals surface area contributed by atoms with Gasteiger partial charge in [0.2, 0.25) is 0 Å². The first kappa shape index (κ1) is 13.9. The van der Waals surface area contributed by atoms with Crippen molar-refractivity contribution in [2.45, 2.75) is 31.7 Å². The van der Waals surface area contributed by atoms with Crippen molar-refractivity contribution >= 4 is 23.5 Å². The summed E-state index contributed by atoms with van der Waals surface area (Å²) in [4.78, 5) is 24.3. The highest BCUT2D eigenvalue weighted by molar-refractivity contribution is 6.31. The number of aromatic nitrogens is 1. The normalized spacial score (nSPS) is 14.4. The summed E-state index contributed by atoms with van der Waals surface area (Å²) in [5, 5.41) is 9.15. The van der Waals surface area contributed by atoms with Crippen molar-refractivity contribution in [2.24, 2.45) is 0 Å². The monoisotopic (exact) mass is 284 g/mol. The lowest BCUT2D eigenvalue weighted by Gasteiger charge is -2.17. The van der Waals surface area contributed by atoms with Crippen LogP contribution in [0.15, 0.2) is 12.3 Å². The minimum absolute atomic E-state index is 0.0714. The number of carbonyl (C=O) groups is 2. The third kappa shape index (κ3) is 3.50. The molecule has 1 aliphatic rings. The van der Waals surface area contributed by atoms with Gasteiger partial charge in [-0.25, -0.2) is 0 Å². The number of aliphatic carboxylic acids is 1. The first-order chi connectivity index (χ1) is 8.99. The van der Waals surface area contributed by atoms with E-state index in [2.05, 4.69) is 0 Å². The van der Waals surface area contributed by atoms with Crippen LogP contribution in [0.2, 0.25) is 5.02 Å². The standard InChI is InChI=1S/C13H17ClN2O3/c1-15(6-2-3-12(17)18)13(19)11-7-9(14)8-16(11)10-4-5-10/h7-8,10H,2-6H2,1H3,(H,17,18). The van der Waals surface area contributed by atoms with Gasteiger partial charge in [-0.3, -0.25) is 9.59 Å². The molecule has 0 radical (unpaired) electrons. The Morgan fingerprint density at radius 3 is 2.79 bits per heavy atom. The molecule has 19 heavy (non-hydrogen) atoms. The fourth-order valence-corrected chi connectivity index (χ4v) is 2.24. The van der Waals surface area contributed by atoms with Crippen LogP contribution in [-0.4, -0.2) is 40.0 Å². The molecule has 0 aromatic carbocycles. The predicted octanol–water partition coefficient (Wildman–Crippen LogP) is 2.41. The van der Waals surface area contributed by atoms with E-state index >= 15 is 0 Å². The Labute approximate surface area is 116 Å². The van der Waals surface area contributed by atoms with Crippen LogP contribution in [-0.2, 0) is 4.79 Å². The minimum atomic E-state index is -0.842. The van der Waals surface area contributed by atoms with Crippen molar-refractivity contribution in [3.63, 3.8) is 0 Å². The van der Waals surface area contributed by atoms with Crippen molar-refractivity contribution in [1.82, 2.24) is 9.47 Å². The summed E-state index contributed by atoms with van der Waals surface area (Å²) in [5.41, 5.74) is 0.588. The van der Waals surface area contributed by atoms with Crippen molar-refractivity contribution in [3.05, 3.63) is 23.0 Å². The van der Waals surface area contributed by atoms with Crippen LogP contribution < -0.4 is 0 Å². The van der Waals surface area contributed by atoms with Crippen LogP contribution in [0.5, 0.6) is 0 Å². The summed E-state index contributed by atoms with van der Waals surface area (Å²) in [5.74, 6) is -0.950. The number of carboxylic acid groups (broad SMARTS) is 1. The van der Waals surface area contributed by atoms with Crippen molar-refractivity contribution in [1.29, 1.82) is 0 Å². The Balaban J connectivity index is 2.00. The van der Waals surface area contributed by atoms with Gasteiger partial charge in [0.25, 0.3) is 5.91 Å². The fourth-order valence-electron chi connectivity index (χ4n) is 2.04. The number of hydrogen-bond donors (Lipinski definition) is 1. The second kappa shape index (κ2) is 5.65. The Morgan fingerprint density at radius 1 is 1.53 bits per heavy atom. The molecule has 1 aliphatic carbocycles. The highest BCUT2D eigenvalue weighted by atomic mass is 35.5. The van der Waals surface area contributed by atoms with E-state index in [1.165, 1.54) is 0 Å². The average molecular weight is 285 g/mol. The van der Waals surface area contributed by atoms with E-state index in [9.17, 15) is 9.59 Å². The summed E-state index contributed by atoms with van der Waals surface area (Å²) in [7, 11) is 1.68. The minimum Gasteiger partial charge on any atom is -0.481 e. The lowest BCUT2D eigenvalue weighted by atomic mass is 10.3. The summed E-state index contributed by atoms with van der Waals surface area (Å²) in [6.07, 6.45) is 4.47. The maximum Gasteiger partial charge on any atom is 0.303 e. The van der Waals surface area contributed by atoms with Gasteiger partial charge in [-0.2, -0.15) is 0 Å². The maximum atomic E-state index is 12.3.